The van der Waals surface area contributed by atoms with Crippen LogP contribution >= 0.6 is 27.3 Å². The molecule has 0 saturated carbocycles. The fourth-order valence-electron chi connectivity index (χ4n) is 1.48. The standard InChI is InChI=1S/C11H10BrN3O3S/c12-9-2-1-8(19-9)10(16)15-7(11(17)18)3-6-4-13-5-14-6/h1-2,4-5,7H,3H2,(H,13,14)(H,15,16)(H,17,18)/t7-/m1/s1. The summed E-state index contributed by atoms with van der Waals surface area (Å²) in [5.41, 5.74) is 0.653. The highest BCUT2D eigenvalue weighted by Crippen LogP contribution is 2.22. The number of halogens is 1. The number of aromatic nitrogens is 2. The summed E-state index contributed by atoms with van der Waals surface area (Å²) in [7, 11) is 0. The minimum absolute atomic E-state index is 0.160. The lowest BCUT2D eigenvalue weighted by atomic mass is 10.1. The number of H-pyrrole nitrogens is 1. The Morgan fingerprint density at radius 3 is 2.84 bits per heavy atom. The first-order valence-electron chi connectivity index (χ1n) is 5.32. The molecule has 0 saturated heterocycles. The molecule has 0 unspecified atom stereocenters. The van der Waals surface area contributed by atoms with Crippen molar-refractivity contribution in [1.82, 2.24) is 15.3 Å². The topological polar surface area (TPSA) is 95.1 Å². The van der Waals surface area contributed by atoms with Crippen LogP contribution in [0.2, 0.25) is 0 Å². The fourth-order valence-corrected chi connectivity index (χ4v) is 2.77. The van der Waals surface area contributed by atoms with E-state index in [0.29, 0.717) is 10.6 Å². The van der Waals surface area contributed by atoms with Crippen molar-refractivity contribution in [1.29, 1.82) is 0 Å². The summed E-state index contributed by atoms with van der Waals surface area (Å²) in [5, 5.41) is 11.6. The van der Waals surface area contributed by atoms with Crippen LogP contribution in [-0.4, -0.2) is 33.0 Å². The minimum atomic E-state index is -1.08. The number of amides is 1. The number of rotatable bonds is 5. The highest BCUT2D eigenvalue weighted by molar-refractivity contribution is 9.11. The minimum Gasteiger partial charge on any atom is -0.480 e. The van der Waals surface area contributed by atoms with Gasteiger partial charge in [-0.25, -0.2) is 9.78 Å². The summed E-state index contributed by atoms with van der Waals surface area (Å²) in [6.45, 7) is 0. The van der Waals surface area contributed by atoms with Crippen LogP contribution in [0.1, 0.15) is 15.4 Å². The number of imidazole rings is 1. The lowest BCUT2D eigenvalue weighted by molar-refractivity contribution is -0.139. The van der Waals surface area contributed by atoms with Crippen molar-refractivity contribution in [3.63, 3.8) is 0 Å². The predicted octanol–water partition coefficient (Wildman–Crippen LogP) is 1.66. The smallest absolute Gasteiger partial charge is 0.326 e. The van der Waals surface area contributed by atoms with Crippen molar-refractivity contribution in [3.05, 3.63) is 39.0 Å². The van der Waals surface area contributed by atoms with Crippen molar-refractivity contribution in [2.75, 3.05) is 0 Å². The number of nitrogens with one attached hydrogen (secondary N) is 2. The second kappa shape index (κ2) is 5.98. The molecule has 8 heteroatoms. The first-order chi connectivity index (χ1) is 9.06. The molecule has 0 aliphatic heterocycles. The fraction of sp³-hybridized carbons (Fsp3) is 0.182. The van der Waals surface area contributed by atoms with E-state index in [0.717, 1.165) is 3.79 Å². The summed E-state index contributed by atoms with van der Waals surface area (Å²) in [5.74, 6) is -1.49. The van der Waals surface area contributed by atoms with Gasteiger partial charge in [0.15, 0.2) is 0 Å². The molecule has 2 aromatic heterocycles. The molecule has 0 aliphatic carbocycles. The number of aliphatic carboxylic acids is 1. The van der Waals surface area contributed by atoms with Crippen LogP contribution in [0.25, 0.3) is 0 Å². The molecule has 2 heterocycles. The number of carboxylic acids is 1. The Bertz CT molecular complexity index is 582. The zero-order valence-electron chi connectivity index (χ0n) is 9.59. The van der Waals surface area contributed by atoms with Gasteiger partial charge in [0, 0.05) is 18.3 Å². The normalized spacial score (nSPS) is 12.1. The van der Waals surface area contributed by atoms with Gasteiger partial charge in [0.1, 0.15) is 6.04 Å². The van der Waals surface area contributed by atoms with Crippen LogP contribution in [0.3, 0.4) is 0 Å². The van der Waals surface area contributed by atoms with Gasteiger partial charge in [0.05, 0.1) is 15.0 Å². The largest absolute Gasteiger partial charge is 0.480 e. The molecule has 0 spiro atoms. The van der Waals surface area contributed by atoms with E-state index in [4.69, 9.17) is 5.11 Å². The molecule has 0 radical (unpaired) electrons. The van der Waals surface area contributed by atoms with Crippen molar-refractivity contribution in [2.24, 2.45) is 0 Å². The Morgan fingerprint density at radius 1 is 1.53 bits per heavy atom. The number of carboxylic acid groups (broad SMARTS) is 1. The van der Waals surface area contributed by atoms with E-state index in [-0.39, 0.29) is 6.42 Å². The summed E-state index contributed by atoms with van der Waals surface area (Å²) < 4.78 is 0.818. The van der Waals surface area contributed by atoms with Gasteiger partial charge in [-0.1, -0.05) is 0 Å². The van der Waals surface area contributed by atoms with Gasteiger partial charge in [-0.15, -0.1) is 11.3 Å². The van der Waals surface area contributed by atoms with Gasteiger partial charge >= 0.3 is 5.97 Å². The molecule has 1 amide bonds. The Kier molecular flexibility index (Phi) is 4.33. The molecular weight excluding hydrogens is 334 g/mol. The lowest BCUT2D eigenvalue weighted by Crippen LogP contribution is -2.42. The maximum atomic E-state index is 11.9. The zero-order valence-corrected chi connectivity index (χ0v) is 12.0. The van der Waals surface area contributed by atoms with E-state index in [1.165, 1.54) is 23.9 Å². The third-order valence-electron chi connectivity index (χ3n) is 2.38. The number of carbonyl (C=O) groups is 2. The van der Waals surface area contributed by atoms with Crippen LogP contribution in [-0.2, 0) is 11.2 Å². The third-order valence-corrected chi connectivity index (χ3v) is 4.00. The number of aromatic amines is 1. The molecule has 6 nitrogen and oxygen atoms in total. The van der Waals surface area contributed by atoms with Crippen LogP contribution in [0.5, 0.6) is 0 Å². The second-order valence-corrected chi connectivity index (χ2v) is 6.21. The average Bonchev–Trinajstić information content (AvgIpc) is 2.99. The van der Waals surface area contributed by atoms with Gasteiger partial charge in [-0.2, -0.15) is 0 Å². The summed E-state index contributed by atoms with van der Waals surface area (Å²) in [6, 6.07) is 2.39. The Hall–Kier alpha value is -1.67. The molecule has 0 bridgehead atoms. The highest BCUT2D eigenvalue weighted by Gasteiger charge is 2.22. The Morgan fingerprint density at radius 2 is 2.32 bits per heavy atom. The molecule has 1 atom stereocenters. The number of carbonyl (C=O) groups excluding carboxylic acids is 1. The molecule has 0 aromatic carbocycles. The molecular formula is C11H10BrN3O3S. The van der Waals surface area contributed by atoms with Gasteiger partial charge < -0.3 is 15.4 Å². The second-order valence-electron chi connectivity index (χ2n) is 3.75. The van der Waals surface area contributed by atoms with Gasteiger partial charge in [0.2, 0.25) is 0 Å². The highest BCUT2D eigenvalue weighted by atomic mass is 79.9. The first-order valence-corrected chi connectivity index (χ1v) is 6.93. The van der Waals surface area contributed by atoms with E-state index < -0.39 is 17.9 Å². The van der Waals surface area contributed by atoms with Gasteiger partial charge in [-0.05, 0) is 28.1 Å². The SMILES string of the molecule is O=C(N[C@H](Cc1cnc[nH]1)C(=O)O)c1ccc(Br)s1. The maximum absolute atomic E-state index is 11.9. The van der Waals surface area contributed by atoms with E-state index >= 15 is 0 Å². The number of hydrogen-bond acceptors (Lipinski definition) is 4. The summed E-state index contributed by atoms with van der Waals surface area (Å²) in [4.78, 5) is 30.1. The van der Waals surface area contributed by atoms with Crippen LogP contribution in [0.15, 0.2) is 28.4 Å². The average molecular weight is 344 g/mol. The summed E-state index contributed by atoms with van der Waals surface area (Å²) >= 11 is 4.50. The van der Waals surface area contributed by atoms with E-state index in [2.05, 4.69) is 31.2 Å². The number of thiophene rings is 1. The molecule has 2 aromatic rings. The number of nitrogens with zero attached hydrogens (tertiary/aromatic N) is 1. The quantitative estimate of drug-likeness (QED) is 0.769. The zero-order chi connectivity index (χ0) is 13.8. The molecule has 0 fully saturated rings. The van der Waals surface area contributed by atoms with Crippen molar-refractivity contribution in [3.8, 4) is 0 Å². The van der Waals surface area contributed by atoms with Gasteiger partial charge in [0.25, 0.3) is 5.91 Å². The molecule has 100 valence electrons. The molecule has 2 rings (SSSR count). The van der Waals surface area contributed by atoms with Crippen LogP contribution in [0, 0.1) is 0 Å². The lowest BCUT2D eigenvalue weighted by Gasteiger charge is -2.12. The van der Waals surface area contributed by atoms with Crippen molar-refractivity contribution in [2.45, 2.75) is 12.5 Å². The van der Waals surface area contributed by atoms with E-state index in [9.17, 15) is 9.59 Å². The maximum Gasteiger partial charge on any atom is 0.326 e. The monoisotopic (exact) mass is 343 g/mol. The number of hydrogen-bond donors (Lipinski definition) is 3. The summed E-state index contributed by atoms with van der Waals surface area (Å²) in [6.07, 6.45) is 3.16. The first kappa shape index (κ1) is 13.8. The van der Waals surface area contributed by atoms with Crippen molar-refractivity contribution < 1.29 is 14.7 Å². The van der Waals surface area contributed by atoms with E-state index in [1.54, 1.807) is 12.1 Å². The van der Waals surface area contributed by atoms with Crippen LogP contribution < -0.4 is 5.32 Å². The molecule has 19 heavy (non-hydrogen) atoms. The third kappa shape index (κ3) is 3.65. The van der Waals surface area contributed by atoms with Crippen molar-refractivity contribution >= 4 is 39.1 Å². The molecule has 0 aliphatic rings. The van der Waals surface area contributed by atoms with E-state index in [1.807, 2.05) is 0 Å². The Labute approximate surface area is 121 Å². The van der Waals surface area contributed by atoms with Crippen LogP contribution in [0.4, 0.5) is 0 Å². The predicted molar refractivity (Wildman–Crippen MR) is 73.2 cm³/mol. The van der Waals surface area contributed by atoms with Gasteiger partial charge in [-0.3, -0.25) is 4.79 Å². The molecule has 3 N–H and O–H groups in total. The Balaban J connectivity index is 2.04.